The van der Waals surface area contributed by atoms with Gasteiger partial charge in [-0.3, -0.25) is 14.7 Å². The summed E-state index contributed by atoms with van der Waals surface area (Å²) in [6, 6.07) is 30.0. The maximum Gasteiger partial charge on any atom is 0.0802 e. The van der Waals surface area contributed by atoms with Crippen molar-refractivity contribution in [1.29, 1.82) is 0 Å². The average Bonchev–Trinajstić information content (AvgIpc) is 2.85. The van der Waals surface area contributed by atoms with Crippen LogP contribution in [0.2, 0.25) is 0 Å². The maximum atomic E-state index is 5.00. The summed E-state index contributed by atoms with van der Waals surface area (Å²) in [4.78, 5) is 7.62. The molecule has 4 fully saturated rings. The first kappa shape index (κ1) is 20.0. The molecule has 0 aromatic heterocycles. The topological polar surface area (TPSA) is 34.4 Å². The molecule has 34 heavy (non-hydrogen) atoms. The molecule has 5 heteroatoms. The van der Waals surface area contributed by atoms with Crippen LogP contribution in [0.15, 0.2) is 95.1 Å². The molecule has 5 nitrogen and oxygen atoms in total. The number of rotatable bonds is 4. The van der Waals surface area contributed by atoms with E-state index in [0.717, 1.165) is 50.9 Å². The summed E-state index contributed by atoms with van der Waals surface area (Å²) in [5.74, 6) is 0. The third-order valence-electron chi connectivity index (χ3n) is 7.49. The molecule has 0 aliphatic carbocycles. The second-order valence-corrected chi connectivity index (χ2v) is 9.98. The minimum atomic E-state index is -0.0196. The van der Waals surface area contributed by atoms with Crippen LogP contribution >= 0.6 is 0 Å². The van der Waals surface area contributed by atoms with Crippen molar-refractivity contribution < 1.29 is 0 Å². The minimum Gasteiger partial charge on any atom is -0.276 e. The van der Waals surface area contributed by atoms with Crippen LogP contribution in [0.4, 0.5) is 0 Å². The molecule has 0 N–H and O–H groups in total. The van der Waals surface area contributed by atoms with Gasteiger partial charge in [0.2, 0.25) is 0 Å². The largest absolute Gasteiger partial charge is 0.276 e. The fraction of sp³-hybridized carbons (Fsp3) is 0.241. The van der Waals surface area contributed by atoms with Gasteiger partial charge in [-0.25, -0.2) is 0 Å². The Balaban J connectivity index is 1.36. The standard InChI is InChI=1S/C29H27N5/c1-2-8-22(9-3-1)28(29-16-32-19-33(17-29)21-34(18-29)20-32)31-30-15-27-25-12-6-4-10-23(25)14-24-11-5-7-13-26(24)27/h1-15H,16-21H2/b30-15+,31-28-. The molecule has 0 radical (unpaired) electrons. The molecule has 0 spiro atoms. The molecule has 4 aromatic rings. The SMILES string of the molecule is C(=N\N=C(\c1ccccc1)C12CN3CN(CN(C3)C1)C2)/c1c2ccccc2cc2ccccc12. The monoisotopic (exact) mass is 445 g/mol. The lowest BCUT2D eigenvalue weighted by molar-refractivity contribution is -0.149. The van der Waals surface area contributed by atoms with Crippen molar-refractivity contribution in [2.24, 2.45) is 15.6 Å². The fourth-order valence-corrected chi connectivity index (χ4v) is 6.34. The molecule has 0 atom stereocenters. The van der Waals surface area contributed by atoms with Crippen LogP contribution < -0.4 is 0 Å². The van der Waals surface area contributed by atoms with E-state index in [2.05, 4.69) is 99.6 Å². The second-order valence-electron chi connectivity index (χ2n) is 9.98. The Labute approximate surface area is 199 Å². The average molecular weight is 446 g/mol. The van der Waals surface area contributed by atoms with Crippen molar-refractivity contribution in [2.45, 2.75) is 0 Å². The number of hydrogen-bond acceptors (Lipinski definition) is 5. The minimum absolute atomic E-state index is 0.0196. The van der Waals surface area contributed by atoms with Gasteiger partial charge in [0.25, 0.3) is 0 Å². The number of hydrogen-bond donors (Lipinski definition) is 0. The summed E-state index contributed by atoms with van der Waals surface area (Å²) >= 11 is 0. The second kappa shape index (κ2) is 7.84. The van der Waals surface area contributed by atoms with E-state index in [1.54, 1.807) is 0 Å². The van der Waals surface area contributed by atoms with Crippen molar-refractivity contribution in [2.75, 3.05) is 39.6 Å². The zero-order valence-corrected chi connectivity index (χ0v) is 19.1. The Morgan fingerprint density at radius 1 is 0.676 bits per heavy atom. The van der Waals surface area contributed by atoms with Crippen molar-refractivity contribution in [3.05, 3.63) is 96.1 Å². The van der Waals surface area contributed by atoms with Crippen LogP contribution in [0.3, 0.4) is 0 Å². The first-order chi connectivity index (χ1) is 16.8. The van der Waals surface area contributed by atoms with Crippen molar-refractivity contribution in [1.82, 2.24) is 14.7 Å². The van der Waals surface area contributed by atoms with Crippen LogP contribution in [0.5, 0.6) is 0 Å². The van der Waals surface area contributed by atoms with E-state index in [0.29, 0.717) is 0 Å². The summed E-state index contributed by atoms with van der Waals surface area (Å²) in [6.07, 6.45) is 1.97. The summed E-state index contributed by atoms with van der Waals surface area (Å²) in [6.45, 7) is 6.31. The van der Waals surface area contributed by atoms with Gasteiger partial charge in [0.05, 0.1) is 37.3 Å². The molecule has 0 amide bonds. The van der Waals surface area contributed by atoms with Gasteiger partial charge in [-0.05, 0) is 33.2 Å². The van der Waals surface area contributed by atoms with E-state index in [1.807, 2.05) is 6.21 Å². The summed E-state index contributed by atoms with van der Waals surface area (Å²) in [7, 11) is 0. The molecule has 4 heterocycles. The number of fused-ring (bicyclic) bond motifs is 2. The Bertz CT molecular complexity index is 1350. The van der Waals surface area contributed by atoms with E-state index in [-0.39, 0.29) is 5.41 Å². The van der Waals surface area contributed by atoms with Gasteiger partial charge in [0.15, 0.2) is 0 Å². The number of nitrogens with zero attached hydrogens (tertiary/aromatic N) is 5. The van der Waals surface area contributed by atoms with E-state index in [4.69, 9.17) is 10.2 Å². The lowest BCUT2D eigenvalue weighted by Crippen LogP contribution is -2.74. The predicted octanol–water partition coefficient (Wildman–Crippen LogP) is 4.62. The van der Waals surface area contributed by atoms with Gasteiger partial charge in [-0.2, -0.15) is 10.2 Å². The van der Waals surface area contributed by atoms with E-state index in [9.17, 15) is 0 Å². The molecular formula is C29H27N5. The Kier molecular flexibility index (Phi) is 4.62. The van der Waals surface area contributed by atoms with Crippen molar-refractivity contribution in [3.63, 3.8) is 0 Å². The first-order valence-electron chi connectivity index (χ1n) is 12.0. The molecule has 0 unspecified atom stereocenters. The zero-order valence-electron chi connectivity index (χ0n) is 19.1. The summed E-state index contributed by atoms with van der Waals surface area (Å²) in [5.41, 5.74) is 3.39. The molecule has 168 valence electrons. The lowest BCUT2D eigenvalue weighted by atomic mass is 9.74. The summed E-state index contributed by atoms with van der Waals surface area (Å²) < 4.78 is 0. The fourth-order valence-electron chi connectivity index (χ4n) is 6.34. The molecule has 4 saturated heterocycles. The van der Waals surface area contributed by atoms with Gasteiger partial charge >= 0.3 is 0 Å². The van der Waals surface area contributed by atoms with Gasteiger partial charge in [-0.1, -0.05) is 78.9 Å². The molecular weight excluding hydrogens is 418 g/mol. The van der Waals surface area contributed by atoms with Crippen molar-refractivity contribution >= 4 is 33.5 Å². The molecule has 8 rings (SSSR count). The maximum absolute atomic E-state index is 5.00. The van der Waals surface area contributed by atoms with Gasteiger partial charge < -0.3 is 0 Å². The first-order valence-corrected chi connectivity index (χ1v) is 12.0. The Morgan fingerprint density at radius 2 is 1.21 bits per heavy atom. The smallest absolute Gasteiger partial charge is 0.0802 e. The Hall–Kier alpha value is -3.38. The highest BCUT2D eigenvalue weighted by Gasteiger charge is 2.51. The Morgan fingerprint density at radius 3 is 1.79 bits per heavy atom. The van der Waals surface area contributed by atoms with E-state index in [1.165, 1.54) is 27.1 Å². The lowest BCUT2D eigenvalue weighted by Gasteiger charge is -2.60. The molecule has 4 bridgehead atoms. The predicted molar refractivity (Wildman–Crippen MR) is 139 cm³/mol. The van der Waals surface area contributed by atoms with E-state index >= 15 is 0 Å². The highest BCUT2D eigenvalue weighted by atomic mass is 15.5. The molecule has 0 saturated carbocycles. The van der Waals surface area contributed by atoms with Crippen LogP contribution in [0.1, 0.15) is 11.1 Å². The van der Waals surface area contributed by atoms with Gasteiger partial charge in [0.1, 0.15) is 0 Å². The number of benzene rings is 4. The van der Waals surface area contributed by atoms with Gasteiger partial charge in [0, 0.05) is 25.2 Å². The quantitative estimate of drug-likeness (QED) is 0.261. The highest BCUT2D eigenvalue weighted by molar-refractivity contribution is 6.13. The highest BCUT2D eigenvalue weighted by Crippen LogP contribution is 2.38. The molecule has 4 aliphatic rings. The van der Waals surface area contributed by atoms with Crippen molar-refractivity contribution in [3.8, 4) is 0 Å². The molecule has 4 aromatic carbocycles. The van der Waals surface area contributed by atoms with Crippen LogP contribution in [0.25, 0.3) is 21.5 Å². The van der Waals surface area contributed by atoms with Crippen LogP contribution in [-0.4, -0.2) is 66.3 Å². The normalized spacial score (nSPS) is 28.4. The molecule has 4 aliphatic heterocycles. The third-order valence-corrected chi connectivity index (χ3v) is 7.49. The van der Waals surface area contributed by atoms with Crippen LogP contribution in [-0.2, 0) is 0 Å². The zero-order chi connectivity index (χ0) is 22.5. The third kappa shape index (κ3) is 3.28. The summed E-state index contributed by atoms with van der Waals surface area (Å²) in [5, 5.41) is 14.7. The van der Waals surface area contributed by atoms with Gasteiger partial charge in [-0.15, -0.1) is 0 Å². The van der Waals surface area contributed by atoms with E-state index < -0.39 is 0 Å². The van der Waals surface area contributed by atoms with Crippen LogP contribution in [0, 0.1) is 5.41 Å².